The number of nitrogens with zero attached hydrogens (tertiary/aromatic N) is 3. The minimum absolute atomic E-state index is 0.187. The van der Waals surface area contributed by atoms with Crippen LogP contribution in [0.5, 0.6) is 0 Å². The lowest BCUT2D eigenvalue weighted by Crippen LogP contribution is -2.42. The van der Waals surface area contributed by atoms with Gasteiger partial charge in [-0.1, -0.05) is 30.3 Å². The normalized spacial score (nSPS) is 20.2. The molecule has 28 heavy (non-hydrogen) atoms. The van der Waals surface area contributed by atoms with Gasteiger partial charge in [0.1, 0.15) is 11.7 Å². The highest BCUT2D eigenvalue weighted by atomic mass is 16.2. The van der Waals surface area contributed by atoms with Gasteiger partial charge in [0.2, 0.25) is 11.8 Å². The zero-order chi connectivity index (χ0) is 19.1. The molecule has 2 aliphatic rings. The molecule has 4 heterocycles. The van der Waals surface area contributed by atoms with E-state index in [1.54, 1.807) is 6.20 Å². The third-order valence-corrected chi connectivity index (χ3v) is 5.80. The monoisotopic (exact) mass is 374 g/mol. The van der Waals surface area contributed by atoms with Crippen molar-refractivity contribution in [3.05, 3.63) is 65.5 Å². The molecular weight excluding hydrogens is 352 g/mol. The summed E-state index contributed by atoms with van der Waals surface area (Å²) in [6.45, 7) is 2.68. The van der Waals surface area contributed by atoms with Gasteiger partial charge in [-0.25, -0.2) is 4.98 Å². The Hall–Kier alpha value is -2.99. The highest BCUT2D eigenvalue weighted by Crippen LogP contribution is 2.35. The largest absolute Gasteiger partial charge is 0.317 e. The molecule has 142 valence electrons. The Labute approximate surface area is 163 Å². The minimum atomic E-state index is -0.362. The van der Waals surface area contributed by atoms with E-state index in [1.807, 2.05) is 12.1 Å². The van der Waals surface area contributed by atoms with Crippen LogP contribution in [-0.2, 0) is 29.1 Å². The summed E-state index contributed by atoms with van der Waals surface area (Å²) in [5, 5.41) is 3.60. The fourth-order valence-electron chi connectivity index (χ4n) is 4.51. The summed E-state index contributed by atoms with van der Waals surface area (Å²) in [6.07, 6.45) is 3.55. The van der Waals surface area contributed by atoms with Gasteiger partial charge in [-0.05, 0) is 29.7 Å². The van der Waals surface area contributed by atoms with Gasteiger partial charge in [-0.15, -0.1) is 0 Å². The number of piperidine rings is 1. The van der Waals surface area contributed by atoms with Crippen molar-refractivity contribution in [2.75, 3.05) is 6.54 Å². The summed E-state index contributed by atoms with van der Waals surface area (Å²) < 4.78 is 2.09. The molecule has 0 saturated carbocycles. The molecule has 1 fully saturated rings. The van der Waals surface area contributed by atoms with Gasteiger partial charge in [0.05, 0.1) is 0 Å². The van der Waals surface area contributed by atoms with Crippen LogP contribution in [0.1, 0.15) is 35.7 Å². The third-order valence-electron chi connectivity index (χ3n) is 5.80. The minimum Gasteiger partial charge on any atom is -0.317 e. The molecule has 1 saturated heterocycles. The summed E-state index contributed by atoms with van der Waals surface area (Å²) in [5.74, 6) is -0.401. The van der Waals surface area contributed by atoms with Crippen LogP contribution in [0.3, 0.4) is 0 Å². The summed E-state index contributed by atoms with van der Waals surface area (Å²) >= 11 is 0. The molecule has 0 spiro atoms. The Bertz CT molecular complexity index is 1060. The Morgan fingerprint density at radius 2 is 1.93 bits per heavy atom. The summed E-state index contributed by atoms with van der Waals surface area (Å²) in [6, 6.07) is 14.2. The lowest BCUT2D eigenvalue weighted by atomic mass is 10.0. The number of benzene rings is 1. The molecule has 2 aliphatic heterocycles. The fraction of sp³-hybridized carbons (Fsp3) is 0.318. The van der Waals surface area contributed by atoms with Gasteiger partial charge >= 0.3 is 0 Å². The first kappa shape index (κ1) is 17.1. The Kier molecular flexibility index (Phi) is 4.20. The van der Waals surface area contributed by atoms with Crippen molar-refractivity contribution in [2.24, 2.45) is 0 Å². The smallest absolute Gasteiger partial charge is 0.249 e. The van der Waals surface area contributed by atoms with Crippen molar-refractivity contribution in [1.82, 2.24) is 19.8 Å². The van der Waals surface area contributed by atoms with Crippen molar-refractivity contribution in [1.29, 1.82) is 0 Å². The predicted molar refractivity (Wildman–Crippen MR) is 105 cm³/mol. The van der Waals surface area contributed by atoms with Crippen LogP contribution in [0, 0.1) is 0 Å². The molecule has 6 heteroatoms. The van der Waals surface area contributed by atoms with Crippen LogP contribution in [0.25, 0.3) is 11.0 Å². The topological polar surface area (TPSA) is 67.2 Å². The van der Waals surface area contributed by atoms with Crippen LogP contribution in [-0.4, -0.2) is 32.8 Å². The highest BCUT2D eigenvalue weighted by molar-refractivity contribution is 6.00. The van der Waals surface area contributed by atoms with Crippen molar-refractivity contribution in [3.8, 4) is 0 Å². The van der Waals surface area contributed by atoms with Gasteiger partial charge in [-0.3, -0.25) is 19.8 Å². The van der Waals surface area contributed by atoms with Gasteiger partial charge in [-0.2, -0.15) is 0 Å². The summed E-state index contributed by atoms with van der Waals surface area (Å²) in [7, 11) is 0. The second-order valence-corrected chi connectivity index (χ2v) is 7.58. The zero-order valence-electron chi connectivity index (χ0n) is 15.6. The molecule has 0 bridgehead atoms. The number of fused-ring (bicyclic) bond motifs is 3. The van der Waals surface area contributed by atoms with Crippen LogP contribution < -0.4 is 5.32 Å². The van der Waals surface area contributed by atoms with Crippen LogP contribution >= 0.6 is 0 Å². The molecular formula is C22H22N4O2. The summed E-state index contributed by atoms with van der Waals surface area (Å²) in [5.41, 5.74) is 4.60. The molecule has 1 N–H and O–H groups in total. The number of imide groups is 1. The quantitative estimate of drug-likeness (QED) is 0.716. The number of amides is 2. The molecule has 6 nitrogen and oxygen atoms in total. The third kappa shape index (κ3) is 2.90. The molecule has 1 aromatic carbocycles. The number of hydrogen-bond donors (Lipinski definition) is 1. The number of pyridine rings is 1. The van der Waals surface area contributed by atoms with Crippen LogP contribution in [0.2, 0.25) is 0 Å². The van der Waals surface area contributed by atoms with Crippen molar-refractivity contribution in [3.63, 3.8) is 0 Å². The maximum absolute atomic E-state index is 12.5. The Morgan fingerprint density at radius 1 is 1.07 bits per heavy atom. The van der Waals surface area contributed by atoms with Gasteiger partial charge in [0.15, 0.2) is 0 Å². The van der Waals surface area contributed by atoms with Crippen LogP contribution in [0.4, 0.5) is 0 Å². The van der Waals surface area contributed by atoms with E-state index in [2.05, 4.69) is 50.1 Å². The van der Waals surface area contributed by atoms with E-state index in [4.69, 9.17) is 0 Å². The molecule has 0 radical (unpaired) electrons. The molecule has 2 amide bonds. The standard InChI is InChI=1S/C22H22N4O2/c27-20-9-8-19(22(28)24-20)26-18-10-12-25(13-15-5-2-1-3-6-15)14-17(18)16-7-4-11-23-21(16)26/h1-7,11,19H,8-10,12-14H2,(H,24,27,28). The predicted octanol–water partition coefficient (Wildman–Crippen LogP) is 2.57. The lowest BCUT2D eigenvalue weighted by Gasteiger charge is -2.30. The lowest BCUT2D eigenvalue weighted by molar-refractivity contribution is -0.135. The first-order valence-electron chi connectivity index (χ1n) is 9.77. The maximum atomic E-state index is 12.5. The average molecular weight is 374 g/mol. The molecule has 0 aliphatic carbocycles. The van der Waals surface area contributed by atoms with E-state index in [-0.39, 0.29) is 17.9 Å². The number of rotatable bonds is 3. The van der Waals surface area contributed by atoms with E-state index in [1.165, 1.54) is 16.8 Å². The van der Waals surface area contributed by atoms with Gasteiger partial charge in [0.25, 0.3) is 0 Å². The number of hydrogen-bond acceptors (Lipinski definition) is 4. The maximum Gasteiger partial charge on any atom is 0.249 e. The van der Waals surface area contributed by atoms with Gasteiger partial charge in [0, 0.05) is 49.8 Å². The van der Waals surface area contributed by atoms with Crippen molar-refractivity contribution in [2.45, 2.75) is 38.4 Å². The fourth-order valence-corrected chi connectivity index (χ4v) is 4.51. The van der Waals surface area contributed by atoms with E-state index in [0.717, 1.165) is 37.1 Å². The molecule has 1 unspecified atom stereocenters. The van der Waals surface area contributed by atoms with Gasteiger partial charge < -0.3 is 4.57 Å². The van der Waals surface area contributed by atoms with E-state index >= 15 is 0 Å². The summed E-state index contributed by atoms with van der Waals surface area (Å²) in [4.78, 5) is 31.2. The first-order chi connectivity index (χ1) is 13.7. The Morgan fingerprint density at radius 3 is 2.75 bits per heavy atom. The van der Waals surface area contributed by atoms with Crippen molar-refractivity contribution >= 4 is 22.8 Å². The second-order valence-electron chi connectivity index (χ2n) is 7.58. The number of carbonyl (C=O) groups is 2. The molecule has 1 atom stereocenters. The number of aromatic nitrogens is 2. The van der Waals surface area contributed by atoms with E-state index in [0.29, 0.717) is 12.8 Å². The SMILES string of the molecule is O=C1CCC(n2c3c(c4cccnc42)CN(Cc2ccccc2)CC3)C(=O)N1. The van der Waals surface area contributed by atoms with Crippen molar-refractivity contribution < 1.29 is 9.59 Å². The molecule has 2 aromatic heterocycles. The number of nitrogens with one attached hydrogen (secondary N) is 1. The van der Waals surface area contributed by atoms with Crippen LogP contribution in [0.15, 0.2) is 48.7 Å². The first-order valence-corrected chi connectivity index (χ1v) is 9.77. The molecule has 5 rings (SSSR count). The zero-order valence-corrected chi connectivity index (χ0v) is 15.6. The Balaban J connectivity index is 1.53. The highest BCUT2D eigenvalue weighted by Gasteiger charge is 2.34. The van der Waals surface area contributed by atoms with E-state index < -0.39 is 0 Å². The second kappa shape index (κ2) is 6.87. The molecule has 3 aromatic rings. The average Bonchev–Trinajstić information content (AvgIpc) is 3.03. The van der Waals surface area contributed by atoms with E-state index in [9.17, 15) is 9.59 Å². The number of carbonyl (C=O) groups excluding carboxylic acids is 2.